The zero-order valence-corrected chi connectivity index (χ0v) is 6.19. The van der Waals surface area contributed by atoms with E-state index in [1.165, 1.54) is 0 Å². The predicted molar refractivity (Wildman–Crippen MR) is 38.4 cm³/mol. The average molecular weight is 154 g/mol. The van der Waals surface area contributed by atoms with Gasteiger partial charge in [0.15, 0.2) is 0 Å². The van der Waals surface area contributed by atoms with Crippen LogP contribution in [0.15, 0.2) is 12.3 Å². The molecule has 11 heavy (non-hydrogen) atoms. The van der Waals surface area contributed by atoms with Gasteiger partial charge in [0.05, 0.1) is 19.7 Å². The van der Waals surface area contributed by atoms with Crippen LogP contribution in [-0.2, 0) is 9.53 Å². The van der Waals surface area contributed by atoms with E-state index in [2.05, 4.69) is 0 Å². The number of carbonyl (C=O) groups excluding carboxylic acids is 1. The zero-order valence-electron chi connectivity index (χ0n) is 6.19. The quantitative estimate of drug-likeness (QED) is 0.475. The van der Waals surface area contributed by atoms with Crippen LogP contribution in [0.25, 0.3) is 0 Å². The summed E-state index contributed by atoms with van der Waals surface area (Å²) >= 11 is 0. The number of amides is 1. The fraction of sp³-hybridized carbons (Fsp3) is 0.571. The van der Waals surface area contributed by atoms with Gasteiger partial charge in [-0.1, -0.05) is 0 Å². The molecule has 0 aromatic carbocycles. The third-order valence-corrected chi connectivity index (χ3v) is 1.84. The maximum absolute atomic E-state index is 11.2. The Hall–Kier alpha value is -1.03. The molecule has 0 spiro atoms. The Kier molecular flexibility index (Phi) is 1.54. The summed E-state index contributed by atoms with van der Waals surface area (Å²) in [5.41, 5.74) is 0. The van der Waals surface area contributed by atoms with Crippen LogP contribution >= 0.6 is 0 Å². The highest BCUT2D eigenvalue weighted by Crippen LogP contribution is 2.10. The molecule has 0 N–H and O–H groups in total. The number of hydrogen-bond donors (Lipinski definition) is 0. The van der Waals surface area contributed by atoms with Crippen molar-refractivity contribution in [2.24, 2.45) is 0 Å². The number of hydrazine groups is 1. The third kappa shape index (κ3) is 1.09. The van der Waals surface area contributed by atoms with E-state index in [0.717, 1.165) is 6.54 Å². The second-order valence-corrected chi connectivity index (χ2v) is 2.58. The molecule has 4 nitrogen and oxygen atoms in total. The third-order valence-electron chi connectivity index (χ3n) is 1.84. The minimum atomic E-state index is 0.0486. The number of ether oxygens (including phenoxy) is 1. The Balaban J connectivity index is 2.13. The number of fused-ring (bicyclic) bond motifs is 1. The van der Waals surface area contributed by atoms with Gasteiger partial charge in [-0.15, -0.1) is 0 Å². The summed E-state index contributed by atoms with van der Waals surface area (Å²) in [7, 11) is 0. The first-order valence-corrected chi connectivity index (χ1v) is 3.69. The van der Waals surface area contributed by atoms with Crippen LogP contribution < -0.4 is 0 Å². The van der Waals surface area contributed by atoms with Crippen LogP contribution in [0.3, 0.4) is 0 Å². The molecule has 2 aliphatic heterocycles. The van der Waals surface area contributed by atoms with Crippen molar-refractivity contribution in [3.63, 3.8) is 0 Å². The molecule has 2 aliphatic rings. The molecule has 2 rings (SSSR count). The Morgan fingerprint density at radius 3 is 3.36 bits per heavy atom. The number of rotatable bonds is 0. The van der Waals surface area contributed by atoms with Crippen LogP contribution in [0.1, 0.15) is 0 Å². The molecule has 1 amide bonds. The van der Waals surface area contributed by atoms with Gasteiger partial charge in [0.2, 0.25) is 0 Å². The van der Waals surface area contributed by atoms with Gasteiger partial charge in [0, 0.05) is 6.20 Å². The summed E-state index contributed by atoms with van der Waals surface area (Å²) in [6.45, 7) is 2.33. The maximum Gasteiger partial charge on any atom is 0.267 e. The molecule has 2 heterocycles. The van der Waals surface area contributed by atoms with Crippen molar-refractivity contribution >= 4 is 5.91 Å². The molecule has 1 saturated heterocycles. The summed E-state index contributed by atoms with van der Waals surface area (Å²) in [4.78, 5) is 11.2. The van der Waals surface area contributed by atoms with E-state index in [4.69, 9.17) is 4.74 Å². The number of hydrogen-bond acceptors (Lipinski definition) is 3. The first-order valence-electron chi connectivity index (χ1n) is 3.69. The largest absolute Gasteiger partial charge is 0.370 e. The first kappa shape index (κ1) is 6.67. The fourth-order valence-corrected chi connectivity index (χ4v) is 1.29. The minimum Gasteiger partial charge on any atom is -0.370 e. The second kappa shape index (κ2) is 2.54. The molecule has 4 heteroatoms. The molecule has 0 bridgehead atoms. The number of carbonyl (C=O) groups is 1. The molecule has 1 fully saturated rings. The van der Waals surface area contributed by atoms with Gasteiger partial charge in [-0.3, -0.25) is 9.80 Å². The van der Waals surface area contributed by atoms with Crippen molar-refractivity contribution in [3.05, 3.63) is 12.3 Å². The van der Waals surface area contributed by atoms with Crippen LogP contribution in [0.2, 0.25) is 0 Å². The average Bonchev–Trinajstić information content (AvgIpc) is 2.40. The first-order chi connectivity index (χ1) is 5.38. The Labute approximate surface area is 65.0 Å². The van der Waals surface area contributed by atoms with E-state index < -0.39 is 0 Å². The lowest BCUT2D eigenvalue weighted by Crippen LogP contribution is -2.40. The summed E-state index contributed by atoms with van der Waals surface area (Å²) in [6.07, 6.45) is 3.90. The van der Waals surface area contributed by atoms with Gasteiger partial charge in [-0.2, -0.15) is 0 Å². The number of nitrogens with zero attached hydrogens (tertiary/aromatic N) is 2. The van der Waals surface area contributed by atoms with Crippen LogP contribution in [0, 0.1) is 0 Å². The van der Waals surface area contributed by atoms with E-state index >= 15 is 0 Å². The zero-order chi connectivity index (χ0) is 7.68. The summed E-state index contributed by atoms with van der Waals surface area (Å²) in [5.74, 6) is 0.0486. The van der Waals surface area contributed by atoms with E-state index in [1.54, 1.807) is 5.01 Å². The smallest absolute Gasteiger partial charge is 0.267 e. The van der Waals surface area contributed by atoms with Gasteiger partial charge in [0.25, 0.3) is 5.91 Å². The van der Waals surface area contributed by atoms with Crippen LogP contribution in [-0.4, -0.2) is 42.2 Å². The molecule has 0 atom stereocenters. The monoisotopic (exact) mass is 154 g/mol. The topological polar surface area (TPSA) is 32.8 Å². The predicted octanol–water partition coefficient (Wildman–Crippen LogP) is -0.410. The lowest BCUT2D eigenvalue weighted by molar-refractivity contribution is -0.141. The van der Waals surface area contributed by atoms with Gasteiger partial charge < -0.3 is 4.74 Å². The molecule has 0 aliphatic carbocycles. The van der Waals surface area contributed by atoms with E-state index in [0.29, 0.717) is 13.2 Å². The summed E-state index contributed by atoms with van der Waals surface area (Å²) < 4.78 is 5.08. The highest BCUT2D eigenvalue weighted by Gasteiger charge is 2.24. The van der Waals surface area contributed by atoms with Gasteiger partial charge >= 0.3 is 0 Å². The van der Waals surface area contributed by atoms with E-state index in [-0.39, 0.29) is 12.5 Å². The van der Waals surface area contributed by atoms with Crippen molar-refractivity contribution in [2.45, 2.75) is 0 Å². The second-order valence-electron chi connectivity index (χ2n) is 2.58. The lowest BCUT2D eigenvalue weighted by Gasteiger charge is -2.25. The van der Waals surface area contributed by atoms with Gasteiger partial charge in [0.1, 0.15) is 6.61 Å². The Morgan fingerprint density at radius 2 is 2.45 bits per heavy atom. The van der Waals surface area contributed by atoms with Gasteiger partial charge in [-0.05, 0) is 6.08 Å². The Bertz CT molecular complexity index is 203. The highest BCUT2D eigenvalue weighted by atomic mass is 16.5. The van der Waals surface area contributed by atoms with Crippen LogP contribution in [0.4, 0.5) is 0 Å². The van der Waals surface area contributed by atoms with Crippen molar-refractivity contribution in [3.8, 4) is 0 Å². The molecule has 0 radical (unpaired) electrons. The molecule has 60 valence electrons. The Morgan fingerprint density at radius 1 is 1.55 bits per heavy atom. The van der Waals surface area contributed by atoms with Crippen molar-refractivity contribution in [2.75, 3.05) is 26.3 Å². The minimum absolute atomic E-state index is 0.0486. The summed E-state index contributed by atoms with van der Waals surface area (Å²) in [6, 6.07) is 0. The SMILES string of the molecule is O=C1COCCN2C=CCN12. The fourth-order valence-electron chi connectivity index (χ4n) is 1.29. The van der Waals surface area contributed by atoms with Crippen LogP contribution in [0.5, 0.6) is 0 Å². The molecule has 0 aromatic rings. The standard InChI is InChI=1S/C7H10N2O2/c10-7-6-11-5-4-8-2-1-3-9(7)8/h1-2H,3-6H2. The van der Waals surface area contributed by atoms with Crippen molar-refractivity contribution in [1.29, 1.82) is 0 Å². The van der Waals surface area contributed by atoms with Gasteiger partial charge in [-0.25, -0.2) is 5.01 Å². The van der Waals surface area contributed by atoms with Crippen molar-refractivity contribution in [1.82, 2.24) is 10.0 Å². The van der Waals surface area contributed by atoms with E-state index in [9.17, 15) is 4.79 Å². The van der Waals surface area contributed by atoms with E-state index in [1.807, 2.05) is 17.3 Å². The molecular formula is C7H10N2O2. The maximum atomic E-state index is 11.2. The molecular weight excluding hydrogens is 144 g/mol. The molecule has 0 aromatic heterocycles. The van der Waals surface area contributed by atoms with Crippen molar-refractivity contribution < 1.29 is 9.53 Å². The summed E-state index contributed by atoms with van der Waals surface area (Å²) in [5, 5.41) is 3.60. The molecule has 0 unspecified atom stereocenters. The lowest BCUT2D eigenvalue weighted by atomic mass is 10.5. The normalized spacial score (nSPS) is 23.8. The highest BCUT2D eigenvalue weighted by molar-refractivity contribution is 5.77. The molecule has 0 saturated carbocycles.